The van der Waals surface area contributed by atoms with Crippen LogP contribution in [0.5, 0.6) is 5.88 Å². The zero-order valence-electron chi connectivity index (χ0n) is 11.7. The predicted molar refractivity (Wildman–Crippen MR) is 87.3 cm³/mol. The summed E-state index contributed by atoms with van der Waals surface area (Å²) in [5.74, 6) is 0.497. The van der Waals surface area contributed by atoms with Crippen molar-refractivity contribution >= 4 is 15.9 Å². The molecule has 0 N–H and O–H groups in total. The third kappa shape index (κ3) is 2.78. The van der Waals surface area contributed by atoms with Crippen molar-refractivity contribution in [3.8, 4) is 22.8 Å². The molecule has 0 saturated carbocycles. The summed E-state index contributed by atoms with van der Waals surface area (Å²) in [4.78, 5) is 20.8. The summed E-state index contributed by atoms with van der Waals surface area (Å²) in [5, 5.41) is 0. The smallest absolute Gasteiger partial charge is 0.269 e. The minimum atomic E-state index is -0.161. The molecule has 22 heavy (non-hydrogen) atoms. The van der Waals surface area contributed by atoms with Gasteiger partial charge in [0, 0.05) is 24.0 Å². The number of nitrogens with zero attached hydrogens (tertiary/aromatic N) is 3. The van der Waals surface area contributed by atoms with Gasteiger partial charge in [0.2, 0.25) is 5.88 Å². The third-order valence-electron chi connectivity index (χ3n) is 3.14. The van der Waals surface area contributed by atoms with E-state index in [-0.39, 0.29) is 5.56 Å². The van der Waals surface area contributed by atoms with Gasteiger partial charge in [-0.15, -0.1) is 0 Å². The molecule has 3 heterocycles. The van der Waals surface area contributed by atoms with Gasteiger partial charge in [0.05, 0.1) is 29.2 Å². The van der Waals surface area contributed by atoms with Gasteiger partial charge in [0.25, 0.3) is 5.56 Å². The largest absolute Gasteiger partial charge is 0.481 e. The lowest BCUT2D eigenvalue weighted by Gasteiger charge is -2.09. The number of pyridine rings is 3. The van der Waals surface area contributed by atoms with Crippen molar-refractivity contribution in [3.05, 3.63) is 69.8 Å². The molecule has 3 rings (SSSR count). The van der Waals surface area contributed by atoms with Gasteiger partial charge in [-0.2, -0.15) is 0 Å². The monoisotopic (exact) mass is 357 g/mol. The second-order valence-electron chi connectivity index (χ2n) is 4.53. The lowest BCUT2D eigenvalue weighted by atomic mass is 10.2. The summed E-state index contributed by atoms with van der Waals surface area (Å²) in [5.41, 5.74) is 2.12. The SMILES string of the molecule is COc1ccc(-n2cc(-c3ccccn3)cc(Br)c2=O)cn1. The summed E-state index contributed by atoms with van der Waals surface area (Å²) >= 11 is 3.31. The van der Waals surface area contributed by atoms with Crippen molar-refractivity contribution < 1.29 is 4.74 Å². The van der Waals surface area contributed by atoms with Crippen LogP contribution in [-0.4, -0.2) is 21.6 Å². The van der Waals surface area contributed by atoms with Crippen molar-refractivity contribution in [1.82, 2.24) is 14.5 Å². The fourth-order valence-corrected chi connectivity index (χ4v) is 2.49. The maximum absolute atomic E-state index is 12.3. The highest BCUT2D eigenvalue weighted by Gasteiger charge is 2.09. The highest BCUT2D eigenvalue weighted by atomic mass is 79.9. The Hall–Kier alpha value is -2.47. The van der Waals surface area contributed by atoms with Gasteiger partial charge in [-0.3, -0.25) is 14.3 Å². The minimum Gasteiger partial charge on any atom is -0.481 e. The summed E-state index contributed by atoms with van der Waals surface area (Å²) in [6, 6.07) is 10.9. The standard InChI is InChI=1S/C16H12BrN3O2/c1-22-15-6-5-12(9-19-15)20-10-11(8-13(17)16(20)21)14-4-2-3-7-18-14/h2-10H,1H3. The molecule has 3 aromatic rings. The van der Waals surface area contributed by atoms with Crippen LogP contribution in [0, 0.1) is 0 Å². The number of rotatable bonds is 3. The molecular formula is C16H12BrN3O2. The fourth-order valence-electron chi connectivity index (χ4n) is 2.05. The fraction of sp³-hybridized carbons (Fsp3) is 0.0625. The van der Waals surface area contributed by atoms with E-state index in [1.54, 1.807) is 43.9 Å². The van der Waals surface area contributed by atoms with E-state index in [1.807, 2.05) is 18.2 Å². The van der Waals surface area contributed by atoms with Gasteiger partial charge in [0.1, 0.15) is 0 Å². The van der Waals surface area contributed by atoms with Crippen molar-refractivity contribution in [3.63, 3.8) is 0 Å². The Bertz CT molecular complexity index is 846. The van der Waals surface area contributed by atoms with Crippen LogP contribution < -0.4 is 10.3 Å². The molecule has 0 radical (unpaired) electrons. The van der Waals surface area contributed by atoms with Crippen molar-refractivity contribution in [2.75, 3.05) is 7.11 Å². The zero-order chi connectivity index (χ0) is 15.5. The molecule has 0 aromatic carbocycles. The summed E-state index contributed by atoms with van der Waals surface area (Å²) in [7, 11) is 1.55. The van der Waals surface area contributed by atoms with E-state index >= 15 is 0 Å². The van der Waals surface area contributed by atoms with Crippen LogP contribution in [0.3, 0.4) is 0 Å². The molecule has 0 amide bonds. The van der Waals surface area contributed by atoms with Crippen LogP contribution in [0.25, 0.3) is 16.9 Å². The molecule has 0 aliphatic carbocycles. The Balaban J connectivity index is 2.14. The number of hydrogen-bond donors (Lipinski definition) is 0. The average Bonchev–Trinajstić information content (AvgIpc) is 2.58. The van der Waals surface area contributed by atoms with Crippen molar-refractivity contribution in [1.29, 1.82) is 0 Å². The maximum atomic E-state index is 12.3. The topological polar surface area (TPSA) is 57.0 Å². The van der Waals surface area contributed by atoms with Gasteiger partial charge < -0.3 is 4.74 Å². The quantitative estimate of drug-likeness (QED) is 0.722. The zero-order valence-corrected chi connectivity index (χ0v) is 13.3. The molecule has 0 aliphatic heterocycles. The van der Waals surface area contributed by atoms with Gasteiger partial charge in [-0.25, -0.2) is 4.98 Å². The summed E-state index contributed by atoms with van der Waals surface area (Å²) in [6.07, 6.45) is 5.06. The second-order valence-corrected chi connectivity index (χ2v) is 5.38. The maximum Gasteiger partial charge on any atom is 0.269 e. The minimum absolute atomic E-state index is 0.161. The number of hydrogen-bond acceptors (Lipinski definition) is 4. The number of ether oxygens (including phenoxy) is 1. The van der Waals surface area contributed by atoms with E-state index in [9.17, 15) is 4.79 Å². The molecule has 0 spiro atoms. The van der Waals surface area contributed by atoms with Crippen LogP contribution in [0.2, 0.25) is 0 Å². The predicted octanol–water partition coefficient (Wildman–Crippen LogP) is 3.07. The number of methoxy groups -OCH3 is 1. The molecular weight excluding hydrogens is 346 g/mol. The second kappa shape index (κ2) is 6.11. The number of halogens is 1. The molecule has 0 saturated heterocycles. The van der Waals surface area contributed by atoms with Crippen molar-refractivity contribution in [2.45, 2.75) is 0 Å². The summed E-state index contributed by atoms with van der Waals surface area (Å²) < 4.78 is 7.03. The van der Waals surface area contributed by atoms with Crippen molar-refractivity contribution in [2.24, 2.45) is 0 Å². The Kier molecular flexibility index (Phi) is 4.02. The van der Waals surface area contributed by atoms with E-state index < -0.39 is 0 Å². The van der Waals surface area contributed by atoms with Gasteiger partial charge >= 0.3 is 0 Å². The Labute approximate surface area is 135 Å². The lowest BCUT2D eigenvalue weighted by molar-refractivity contribution is 0.398. The Morgan fingerprint density at radius 2 is 2.05 bits per heavy atom. The first-order chi connectivity index (χ1) is 10.7. The molecule has 110 valence electrons. The van der Waals surface area contributed by atoms with E-state index in [4.69, 9.17) is 4.74 Å². The van der Waals surface area contributed by atoms with Crippen LogP contribution in [0.4, 0.5) is 0 Å². The van der Waals surface area contributed by atoms with E-state index in [0.29, 0.717) is 16.0 Å². The molecule has 0 fully saturated rings. The molecule has 5 nitrogen and oxygen atoms in total. The van der Waals surface area contributed by atoms with Crippen LogP contribution >= 0.6 is 15.9 Å². The molecule has 0 unspecified atom stereocenters. The first-order valence-electron chi connectivity index (χ1n) is 6.53. The normalized spacial score (nSPS) is 10.5. The molecule has 0 aliphatic rings. The van der Waals surface area contributed by atoms with Crippen LogP contribution in [0.1, 0.15) is 0 Å². The Morgan fingerprint density at radius 3 is 2.68 bits per heavy atom. The van der Waals surface area contributed by atoms with E-state index in [2.05, 4.69) is 25.9 Å². The Morgan fingerprint density at radius 1 is 1.18 bits per heavy atom. The van der Waals surface area contributed by atoms with Gasteiger partial charge in [-0.05, 0) is 40.2 Å². The average molecular weight is 358 g/mol. The lowest BCUT2D eigenvalue weighted by Crippen LogP contribution is -2.18. The van der Waals surface area contributed by atoms with Gasteiger partial charge in [-0.1, -0.05) is 6.07 Å². The molecule has 6 heteroatoms. The first-order valence-corrected chi connectivity index (χ1v) is 7.32. The summed E-state index contributed by atoms with van der Waals surface area (Å²) in [6.45, 7) is 0. The highest BCUT2D eigenvalue weighted by molar-refractivity contribution is 9.10. The third-order valence-corrected chi connectivity index (χ3v) is 3.71. The van der Waals surface area contributed by atoms with E-state index in [1.165, 1.54) is 4.57 Å². The molecule has 0 atom stereocenters. The molecule has 0 bridgehead atoms. The van der Waals surface area contributed by atoms with Crippen LogP contribution in [0.15, 0.2) is 64.3 Å². The van der Waals surface area contributed by atoms with Crippen LogP contribution in [-0.2, 0) is 0 Å². The first kappa shape index (κ1) is 14.5. The molecule has 3 aromatic heterocycles. The highest BCUT2D eigenvalue weighted by Crippen LogP contribution is 2.20. The number of aromatic nitrogens is 3. The van der Waals surface area contributed by atoms with Gasteiger partial charge in [0.15, 0.2) is 0 Å². The van der Waals surface area contributed by atoms with E-state index in [0.717, 1.165) is 11.3 Å².